The number of allylic oxidation sites excluding steroid dienone is 1. The molecule has 0 bridgehead atoms. The van der Waals surface area contributed by atoms with E-state index >= 15 is 0 Å². The molecule has 0 saturated heterocycles. The van der Waals surface area contributed by atoms with Crippen LogP contribution in [0.25, 0.3) is 12.2 Å². The van der Waals surface area contributed by atoms with Gasteiger partial charge in [0.15, 0.2) is 28.8 Å². The van der Waals surface area contributed by atoms with Crippen LogP contribution < -0.4 is 29.0 Å². The first-order chi connectivity index (χ1) is 17.4. The van der Waals surface area contributed by atoms with Gasteiger partial charge in [-0.2, -0.15) is 0 Å². The van der Waals surface area contributed by atoms with Gasteiger partial charge in [-0.05, 0) is 47.5 Å². The molecule has 0 spiro atoms. The van der Waals surface area contributed by atoms with E-state index in [9.17, 15) is 9.18 Å². The fraction of sp³-hybridized carbons (Fsp3) is 0.179. The van der Waals surface area contributed by atoms with Crippen LogP contribution in [0.5, 0.6) is 28.7 Å². The van der Waals surface area contributed by atoms with Gasteiger partial charge in [-0.3, -0.25) is 4.79 Å². The SMILES string of the molecule is COc1cc(C=Cc2cc(OC)c(OC)c(OC)c2)cc(NC=CC(=O)c2cccc(F)c2)c1OC. The predicted octanol–water partition coefficient (Wildman–Crippen LogP) is 5.85. The van der Waals surface area contributed by atoms with Crippen molar-refractivity contribution >= 4 is 23.6 Å². The number of ketones is 1. The standard InChI is InChI=1S/C28H28FNO6/c1-32-24-14-18(9-10-19-15-25(33-2)28(36-5)26(16-19)34-3)13-22(27(24)35-4)30-12-11-23(31)20-7-6-8-21(29)17-20/h6-17,30H,1-5H3. The van der Waals surface area contributed by atoms with Crippen molar-refractivity contribution in [3.8, 4) is 28.7 Å². The monoisotopic (exact) mass is 493 g/mol. The van der Waals surface area contributed by atoms with Crippen LogP contribution in [-0.2, 0) is 0 Å². The maximum absolute atomic E-state index is 13.4. The Bertz CT molecular complexity index is 1260. The molecule has 3 aromatic rings. The predicted molar refractivity (Wildman–Crippen MR) is 138 cm³/mol. The molecule has 0 unspecified atom stereocenters. The van der Waals surface area contributed by atoms with E-state index in [1.807, 2.05) is 36.4 Å². The quantitative estimate of drug-likeness (QED) is 0.204. The number of rotatable bonds is 11. The van der Waals surface area contributed by atoms with Crippen molar-refractivity contribution in [1.29, 1.82) is 0 Å². The number of anilines is 1. The summed E-state index contributed by atoms with van der Waals surface area (Å²) in [5.41, 5.74) is 2.45. The molecule has 0 heterocycles. The van der Waals surface area contributed by atoms with E-state index < -0.39 is 5.82 Å². The molecule has 0 fully saturated rings. The lowest BCUT2D eigenvalue weighted by atomic mass is 10.1. The highest BCUT2D eigenvalue weighted by atomic mass is 19.1. The molecule has 188 valence electrons. The van der Waals surface area contributed by atoms with E-state index in [2.05, 4.69) is 5.32 Å². The van der Waals surface area contributed by atoms with Crippen LogP contribution in [0.4, 0.5) is 10.1 Å². The van der Waals surface area contributed by atoms with Gasteiger partial charge < -0.3 is 29.0 Å². The molecule has 8 heteroatoms. The van der Waals surface area contributed by atoms with E-state index in [4.69, 9.17) is 23.7 Å². The summed E-state index contributed by atoms with van der Waals surface area (Å²) in [4.78, 5) is 12.4. The second-order valence-corrected chi connectivity index (χ2v) is 7.45. The molecule has 0 amide bonds. The molecule has 0 aliphatic heterocycles. The minimum absolute atomic E-state index is 0.250. The third-order valence-corrected chi connectivity index (χ3v) is 5.24. The number of ether oxygens (including phenoxy) is 5. The van der Waals surface area contributed by atoms with Crippen molar-refractivity contribution in [3.05, 3.63) is 83.3 Å². The normalized spacial score (nSPS) is 10.9. The highest BCUT2D eigenvalue weighted by Crippen LogP contribution is 2.40. The average molecular weight is 494 g/mol. The van der Waals surface area contributed by atoms with Crippen LogP contribution in [-0.4, -0.2) is 41.3 Å². The second-order valence-electron chi connectivity index (χ2n) is 7.45. The lowest BCUT2D eigenvalue weighted by Crippen LogP contribution is -2.00. The molecule has 3 rings (SSSR count). The second kappa shape index (κ2) is 12.3. The van der Waals surface area contributed by atoms with Crippen molar-refractivity contribution in [2.45, 2.75) is 0 Å². The summed E-state index contributed by atoms with van der Waals surface area (Å²) in [6.07, 6.45) is 6.56. The largest absolute Gasteiger partial charge is 0.493 e. The molecule has 0 atom stereocenters. The molecule has 0 aliphatic carbocycles. The van der Waals surface area contributed by atoms with Gasteiger partial charge in [-0.1, -0.05) is 24.3 Å². The summed E-state index contributed by atoms with van der Waals surface area (Å²) < 4.78 is 40.6. The van der Waals surface area contributed by atoms with E-state index in [1.165, 1.54) is 44.7 Å². The smallest absolute Gasteiger partial charge is 0.203 e. The topological polar surface area (TPSA) is 75.3 Å². The van der Waals surface area contributed by atoms with Crippen molar-refractivity contribution in [1.82, 2.24) is 0 Å². The molecular weight excluding hydrogens is 465 g/mol. The Balaban J connectivity index is 1.89. The third-order valence-electron chi connectivity index (χ3n) is 5.24. The maximum Gasteiger partial charge on any atom is 0.203 e. The fourth-order valence-electron chi connectivity index (χ4n) is 3.52. The van der Waals surface area contributed by atoms with Gasteiger partial charge in [-0.25, -0.2) is 4.39 Å². The number of carbonyl (C=O) groups excluding carboxylic acids is 1. The molecule has 3 aromatic carbocycles. The van der Waals surface area contributed by atoms with Gasteiger partial charge in [0, 0.05) is 17.8 Å². The van der Waals surface area contributed by atoms with E-state index in [0.29, 0.717) is 34.4 Å². The lowest BCUT2D eigenvalue weighted by Gasteiger charge is -2.14. The van der Waals surface area contributed by atoms with Crippen LogP contribution >= 0.6 is 0 Å². The van der Waals surface area contributed by atoms with Gasteiger partial charge in [-0.15, -0.1) is 0 Å². The number of methoxy groups -OCH3 is 5. The zero-order chi connectivity index (χ0) is 26.1. The molecule has 36 heavy (non-hydrogen) atoms. The van der Waals surface area contributed by atoms with Crippen molar-refractivity contribution < 1.29 is 32.9 Å². The van der Waals surface area contributed by atoms with Crippen molar-refractivity contribution in [2.24, 2.45) is 0 Å². The minimum atomic E-state index is -0.472. The van der Waals surface area contributed by atoms with Crippen LogP contribution in [0, 0.1) is 5.82 Å². The lowest BCUT2D eigenvalue weighted by molar-refractivity contribution is 0.104. The van der Waals surface area contributed by atoms with E-state index in [1.54, 1.807) is 27.4 Å². The summed E-state index contributed by atoms with van der Waals surface area (Å²) in [5, 5.41) is 3.05. The fourth-order valence-corrected chi connectivity index (χ4v) is 3.52. The zero-order valence-electron chi connectivity index (χ0n) is 20.8. The Kier molecular flexibility index (Phi) is 8.94. The summed E-state index contributed by atoms with van der Waals surface area (Å²) in [7, 11) is 7.73. The Morgan fingerprint density at radius 3 is 1.83 bits per heavy atom. The Morgan fingerprint density at radius 1 is 0.750 bits per heavy atom. The van der Waals surface area contributed by atoms with Crippen LogP contribution in [0.3, 0.4) is 0 Å². The van der Waals surface area contributed by atoms with E-state index in [0.717, 1.165) is 11.1 Å². The molecule has 1 N–H and O–H groups in total. The Labute approximate surface area is 209 Å². The number of hydrogen-bond donors (Lipinski definition) is 1. The van der Waals surface area contributed by atoms with Crippen molar-refractivity contribution in [3.63, 3.8) is 0 Å². The summed E-state index contributed by atoms with van der Waals surface area (Å²) in [6.45, 7) is 0. The Morgan fingerprint density at radius 2 is 1.31 bits per heavy atom. The maximum atomic E-state index is 13.4. The number of nitrogens with one attached hydrogen (secondary N) is 1. The highest BCUT2D eigenvalue weighted by Gasteiger charge is 2.13. The van der Waals surface area contributed by atoms with Gasteiger partial charge in [0.05, 0.1) is 41.2 Å². The summed E-state index contributed by atoms with van der Waals surface area (Å²) in [5.74, 6) is 1.74. The average Bonchev–Trinajstić information content (AvgIpc) is 2.90. The summed E-state index contributed by atoms with van der Waals surface area (Å²) >= 11 is 0. The van der Waals surface area contributed by atoms with Crippen LogP contribution in [0.2, 0.25) is 0 Å². The number of benzene rings is 3. The van der Waals surface area contributed by atoms with E-state index in [-0.39, 0.29) is 11.3 Å². The van der Waals surface area contributed by atoms with Gasteiger partial charge in [0.1, 0.15) is 5.82 Å². The molecular formula is C28H28FNO6. The van der Waals surface area contributed by atoms with Gasteiger partial charge in [0.25, 0.3) is 0 Å². The summed E-state index contributed by atoms with van der Waals surface area (Å²) in [6, 6.07) is 12.8. The minimum Gasteiger partial charge on any atom is -0.493 e. The van der Waals surface area contributed by atoms with Crippen LogP contribution in [0.15, 0.2) is 60.8 Å². The third kappa shape index (κ3) is 6.15. The highest BCUT2D eigenvalue weighted by molar-refractivity contribution is 6.04. The molecule has 0 aromatic heterocycles. The molecule has 0 saturated carbocycles. The van der Waals surface area contributed by atoms with Crippen LogP contribution in [0.1, 0.15) is 21.5 Å². The molecule has 0 aliphatic rings. The number of carbonyl (C=O) groups is 1. The first-order valence-electron chi connectivity index (χ1n) is 10.9. The van der Waals surface area contributed by atoms with Gasteiger partial charge in [0.2, 0.25) is 5.75 Å². The number of halogens is 1. The van der Waals surface area contributed by atoms with Crippen molar-refractivity contribution in [2.75, 3.05) is 40.9 Å². The first kappa shape index (κ1) is 26.2. The first-order valence-corrected chi connectivity index (χ1v) is 10.9. The van der Waals surface area contributed by atoms with Gasteiger partial charge >= 0.3 is 0 Å². The molecule has 0 radical (unpaired) electrons. The number of hydrogen-bond acceptors (Lipinski definition) is 7. The zero-order valence-corrected chi connectivity index (χ0v) is 20.8. The molecule has 7 nitrogen and oxygen atoms in total. The Hall–Kier alpha value is -4.46.